The Kier molecular flexibility index (Phi) is 3.55. The number of carboxylic acids is 1. The van der Waals surface area contributed by atoms with E-state index in [4.69, 9.17) is 0 Å². The van der Waals surface area contributed by atoms with Crippen molar-refractivity contribution in [1.29, 1.82) is 0 Å². The second-order valence-electron chi connectivity index (χ2n) is 5.05. The summed E-state index contributed by atoms with van der Waals surface area (Å²) in [4.78, 5) is 29.5. The van der Waals surface area contributed by atoms with E-state index in [1.165, 1.54) is 0 Å². The van der Waals surface area contributed by atoms with Crippen LogP contribution in [0.2, 0.25) is 0 Å². The standard InChI is InChI=1S/C14H18N2O3/c1-3-14(13(18)19)6-8-16(9-14)12(17)11-5-4-7-15-10(11)2/h4-5,7H,3,6,8-9H2,1-2H3,(H,18,19). The summed E-state index contributed by atoms with van der Waals surface area (Å²) < 4.78 is 0. The van der Waals surface area contributed by atoms with Crippen LogP contribution < -0.4 is 0 Å². The molecule has 1 amide bonds. The lowest BCUT2D eigenvalue weighted by molar-refractivity contribution is -0.148. The van der Waals surface area contributed by atoms with Crippen LogP contribution >= 0.6 is 0 Å². The molecule has 1 atom stereocenters. The number of hydrogen-bond acceptors (Lipinski definition) is 3. The first-order valence-corrected chi connectivity index (χ1v) is 6.44. The second kappa shape index (κ2) is 4.99. The summed E-state index contributed by atoms with van der Waals surface area (Å²) in [7, 11) is 0. The predicted molar refractivity (Wildman–Crippen MR) is 69.9 cm³/mol. The highest BCUT2D eigenvalue weighted by molar-refractivity contribution is 5.96. The Bertz CT molecular complexity index is 515. The number of rotatable bonds is 3. The number of hydrogen-bond donors (Lipinski definition) is 1. The average molecular weight is 262 g/mol. The van der Waals surface area contributed by atoms with Crippen molar-refractivity contribution < 1.29 is 14.7 Å². The van der Waals surface area contributed by atoms with E-state index in [2.05, 4.69) is 4.98 Å². The minimum atomic E-state index is -0.812. The zero-order valence-corrected chi connectivity index (χ0v) is 11.2. The molecule has 0 spiro atoms. The van der Waals surface area contributed by atoms with E-state index in [0.29, 0.717) is 30.6 Å². The Balaban J connectivity index is 2.20. The lowest BCUT2D eigenvalue weighted by atomic mass is 9.84. The van der Waals surface area contributed by atoms with Gasteiger partial charge in [0.2, 0.25) is 0 Å². The highest BCUT2D eigenvalue weighted by atomic mass is 16.4. The predicted octanol–water partition coefficient (Wildman–Crippen LogP) is 1.72. The Morgan fingerprint density at radius 2 is 2.26 bits per heavy atom. The minimum Gasteiger partial charge on any atom is -0.481 e. The van der Waals surface area contributed by atoms with E-state index >= 15 is 0 Å². The highest BCUT2D eigenvalue weighted by Gasteiger charge is 2.44. The summed E-state index contributed by atoms with van der Waals surface area (Å²) >= 11 is 0. The molecule has 0 radical (unpaired) electrons. The number of likely N-dealkylation sites (tertiary alicyclic amines) is 1. The molecule has 0 saturated carbocycles. The monoisotopic (exact) mass is 262 g/mol. The van der Waals surface area contributed by atoms with Crippen LogP contribution in [0, 0.1) is 12.3 Å². The van der Waals surface area contributed by atoms with Crippen molar-refractivity contribution in [2.75, 3.05) is 13.1 Å². The molecule has 1 aromatic rings. The lowest BCUT2D eigenvalue weighted by Crippen LogP contribution is -2.36. The van der Waals surface area contributed by atoms with Crippen LogP contribution in [0.5, 0.6) is 0 Å². The third-order valence-corrected chi connectivity index (χ3v) is 4.01. The van der Waals surface area contributed by atoms with Gasteiger partial charge in [0.05, 0.1) is 11.0 Å². The maximum absolute atomic E-state index is 12.4. The van der Waals surface area contributed by atoms with Crippen LogP contribution in [-0.4, -0.2) is 40.0 Å². The first kappa shape index (κ1) is 13.5. The molecule has 1 unspecified atom stereocenters. The molecule has 1 aromatic heterocycles. The van der Waals surface area contributed by atoms with Gasteiger partial charge in [-0.15, -0.1) is 0 Å². The molecule has 1 N–H and O–H groups in total. The van der Waals surface area contributed by atoms with E-state index in [1.54, 1.807) is 30.2 Å². The van der Waals surface area contributed by atoms with Crippen LogP contribution in [0.1, 0.15) is 35.8 Å². The SMILES string of the molecule is CCC1(C(=O)O)CCN(C(=O)c2cccnc2C)C1. The molecular formula is C14H18N2O3. The number of aryl methyl sites for hydroxylation is 1. The normalized spacial score (nSPS) is 22.5. The van der Waals surface area contributed by atoms with Gasteiger partial charge in [-0.05, 0) is 31.9 Å². The van der Waals surface area contributed by atoms with Gasteiger partial charge in [0, 0.05) is 25.0 Å². The summed E-state index contributed by atoms with van der Waals surface area (Å²) in [6.45, 7) is 4.42. The van der Waals surface area contributed by atoms with Crippen LogP contribution in [-0.2, 0) is 4.79 Å². The van der Waals surface area contributed by atoms with Gasteiger partial charge in [0.1, 0.15) is 0 Å². The van der Waals surface area contributed by atoms with Gasteiger partial charge in [-0.2, -0.15) is 0 Å². The highest BCUT2D eigenvalue weighted by Crippen LogP contribution is 2.34. The van der Waals surface area contributed by atoms with Crippen molar-refractivity contribution >= 4 is 11.9 Å². The van der Waals surface area contributed by atoms with E-state index in [0.717, 1.165) is 0 Å². The first-order valence-electron chi connectivity index (χ1n) is 6.44. The molecule has 1 aliphatic rings. The van der Waals surface area contributed by atoms with Crippen LogP contribution in [0.4, 0.5) is 0 Å². The molecule has 5 nitrogen and oxygen atoms in total. The molecule has 0 aromatic carbocycles. The van der Waals surface area contributed by atoms with E-state index in [9.17, 15) is 14.7 Å². The molecule has 2 rings (SSSR count). The van der Waals surface area contributed by atoms with Crippen LogP contribution in [0.25, 0.3) is 0 Å². The van der Waals surface area contributed by atoms with E-state index in [1.807, 2.05) is 6.92 Å². The van der Waals surface area contributed by atoms with Crippen LogP contribution in [0.15, 0.2) is 18.3 Å². The molecule has 5 heteroatoms. The maximum atomic E-state index is 12.4. The number of pyridine rings is 1. The van der Waals surface area contributed by atoms with Crippen molar-refractivity contribution in [2.24, 2.45) is 5.41 Å². The summed E-state index contributed by atoms with van der Waals surface area (Å²) in [5, 5.41) is 9.34. The number of amides is 1. The van der Waals surface area contributed by atoms with Gasteiger partial charge >= 0.3 is 5.97 Å². The summed E-state index contributed by atoms with van der Waals surface area (Å²) in [5.74, 6) is -0.935. The van der Waals surface area contributed by atoms with Gasteiger partial charge in [-0.1, -0.05) is 6.92 Å². The molecule has 1 saturated heterocycles. The average Bonchev–Trinajstić information content (AvgIpc) is 2.84. The number of carboxylic acid groups (broad SMARTS) is 1. The molecular weight excluding hydrogens is 244 g/mol. The van der Waals surface area contributed by atoms with Gasteiger partial charge in [-0.3, -0.25) is 14.6 Å². The van der Waals surface area contributed by atoms with Crippen molar-refractivity contribution in [3.63, 3.8) is 0 Å². The number of carbonyl (C=O) groups is 2. The third-order valence-electron chi connectivity index (χ3n) is 4.01. The Hall–Kier alpha value is -1.91. The molecule has 0 aliphatic carbocycles. The number of nitrogens with zero attached hydrogens (tertiary/aromatic N) is 2. The first-order chi connectivity index (χ1) is 9.00. The third kappa shape index (κ3) is 2.32. The number of aromatic nitrogens is 1. The topological polar surface area (TPSA) is 70.5 Å². The minimum absolute atomic E-state index is 0.123. The van der Waals surface area contributed by atoms with Crippen molar-refractivity contribution in [3.8, 4) is 0 Å². The molecule has 2 heterocycles. The van der Waals surface area contributed by atoms with E-state index < -0.39 is 11.4 Å². The molecule has 1 aliphatic heterocycles. The van der Waals surface area contributed by atoms with Gasteiger partial charge in [-0.25, -0.2) is 0 Å². The molecule has 0 bridgehead atoms. The van der Waals surface area contributed by atoms with Crippen LogP contribution in [0.3, 0.4) is 0 Å². The molecule has 19 heavy (non-hydrogen) atoms. The lowest BCUT2D eigenvalue weighted by Gasteiger charge is -2.23. The fraction of sp³-hybridized carbons (Fsp3) is 0.500. The smallest absolute Gasteiger partial charge is 0.311 e. The van der Waals surface area contributed by atoms with Crippen molar-refractivity contribution in [1.82, 2.24) is 9.88 Å². The summed E-state index contributed by atoms with van der Waals surface area (Å²) in [6.07, 6.45) is 2.70. The summed E-state index contributed by atoms with van der Waals surface area (Å²) in [5.41, 5.74) is 0.447. The van der Waals surface area contributed by atoms with Crippen molar-refractivity contribution in [3.05, 3.63) is 29.6 Å². The fourth-order valence-corrected chi connectivity index (χ4v) is 2.54. The zero-order valence-electron chi connectivity index (χ0n) is 11.2. The van der Waals surface area contributed by atoms with Crippen molar-refractivity contribution in [2.45, 2.75) is 26.7 Å². The Labute approximate surface area is 112 Å². The van der Waals surface area contributed by atoms with Gasteiger partial charge in [0.15, 0.2) is 0 Å². The van der Waals surface area contributed by atoms with Gasteiger partial charge in [0.25, 0.3) is 5.91 Å². The quantitative estimate of drug-likeness (QED) is 0.900. The number of aliphatic carboxylic acids is 1. The van der Waals surface area contributed by atoms with Gasteiger partial charge < -0.3 is 10.0 Å². The molecule has 102 valence electrons. The maximum Gasteiger partial charge on any atom is 0.311 e. The largest absolute Gasteiger partial charge is 0.481 e. The Morgan fingerprint density at radius 3 is 2.79 bits per heavy atom. The summed E-state index contributed by atoms with van der Waals surface area (Å²) in [6, 6.07) is 3.46. The molecule has 1 fully saturated rings. The Morgan fingerprint density at radius 1 is 1.53 bits per heavy atom. The number of carbonyl (C=O) groups excluding carboxylic acids is 1. The zero-order chi connectivity index (χ0) is 14.0. The second-order valence-corrected chi connectivity index (χ2v) is 5.05. The fourth-order valence-electron chi connectivity index (χ4n) is 2.54. The van der Waals surface area contributed by atoms with E-state index in [-0.39, 0.29) is 12.5 Å².